The number of nitrogens with one attached hydrogen (secondary N) is 1. The van der Waals surface area contributed by atoms with Gasteiger partial charge < -0.3 is 10.1 Å². The summed E-state index contributed by atoms with van der Waals surface area (Å²) in [5.41, 5.74) is 0.494. The van der Waals surface area contributed by atoms with Crippen LogP contribution in [0, 0.1) is 5.41 Å². The highest BCUT2D eigenvalue weighted by Gasteiger charge is 2.37. The molecule has 0 radical (unpaired) electrons. The second-order valence-electron chi connectivity index (χ2n) is 6.90. The molecule has 1 N–H and O–H groups in total. The lowest BCUT2D eigenvalue weighted by atomic mass is 9.72. The molecule has 0 amide bonds. The molecule has 18 heavy (non-hydrogen) atoms. The van der Waals surface area contributed by atoms with Gasteiger partial charge in [-0.3, -0.25) is 4.90 Å². The van der Waals surface area contributed by atoms with E-state index in [9.17, 15) is 0 Å². The number of hydrogen-bond acceptors (Lipinski definition) is 3. The second kappa shape index (κ2) is 5.89. The largest absolute Gasteiger partial charge is 0.377 e. The van der Waals surface area contributed by atoms with Gasteiger partial charge in [0.15, 0.2) is 0 Å². The normalized spacial score (nSPS) is 38.3. The van der Waals surface area contributed by atoms with E-state index in [4.69, 9.17) is 4.74 Å². The summed E-state index contributed by atoms with van der Waals surface area (Å²) in [4.78, 5) is 2.68. The summed E-state index contributed by atoms with van der Waals surface area (Å²) in [6, 6.07) is 1.34. The fourth-order valence-electron chi connectivity index (χ4n) is 3.60. The molecule has 1 aliphatic carbocycles. The topological polar surface area (TPSA) is 24.5 Å². The number of likely N-dealkylation sites (N-methyl/N-ethyl adjacent to an activating group) is 1. The summed E-state index contributed by atoms with van der Waals surface area (Å²) in [6.45, 7) is 10.3. The van der Waals surface area contributed by atoms with Gasteiger partial charge >= 0.3 is 0 Å². The minimum Gasteiger partial charge on any atom is -0.377 e. The van der Waals surface area contributed by atoms with Crippen molar-refractivity contribution in [2.45, 2.75) is 64.6 Å². The van der Waals surface area contributed by atoms with Gasteiger partial charge in [0.05, 0.1) is 6.10 Å². The van der Waals surface area contributed by atoms with Crippen molar-refractivity contribution in [3.8, 4) is 0 Å². The van der Waals surface area contributed by atoms with Gasteiger partial charge in [0.25, 0.3) is 0 Å². The van der Waals surface area contributed by atoms with E-state index in [0.29, 0.717) is 23.6 Å². The van der Waals surface area contributed by atoms with E-state index in [2.05, 4.69) is 38.0 Å². The molecule has 3 unspecified atom stereocenters. The molecule has 106 valence electrons. The smallest absolute Gasteiger partial charge is 0.0674 e. The molecule has 1 saturated heterocycles. The average Bonchev–Trinajstić information content (AvgIpc) is 2.53. The molecule has 1 aliphatic heterocycles. The Kier molecular flexibility index (Phi) is 4.68. The molecule has 2 rings (SSSR count). The highest BCUT2D eigenvalue weighted by molar-refractivity contribution is 4.94. The van der Waals surface area contributed by atoms with Crippen molar-refractivity contribution in [3.63, 3.8) is 0 Å². The van der Waals surface area contributed by atoms with Gasteiger partial charge in [-0.1, -0.05) is 13.8 Å². The molecule has 0 aromatic carbocycles. The predicted molar refractivity (Wildman–Crippen MR) is 75.9 cm³/mol. The van der Waals surface area contributed by atoms with Crippen LogP contribution in [0.15, 0.2) is 0 Å². The standard InChI is InChI=1S/C15H30N2O/c1-12-11-17(8-5-9-18-12)14-10-15(2,3)7-6-13(14)16-4/h12-14,16H,5-11H2,1-4H3. The number of hydrogen-bond donors (Lipinski definition) is 1. The molecule has 1 heterocycles. The Morgan fingerprint density at radius 1 is 1.33 bits per heavy atom. The van der Waals surface area contributed by atoms with Crippen LogP contribution in [0.4, 0.5) is 0 Å². The molecular weight excluding hydrogens is 224 g/mol. The third-order valence-electron chi connectivity index (χ3n) is 4.68. The molecule has 0 aromatic heterocycles. The lowest BCUT2D eigenvalue weighted by Gasteiger charge is -2.46. The molecule has 2 aliphatic rings. The molecule has 3 nitrogen and oxygen atoms in total. The Balaban J connectivity index is 2.06. The van der Waals surface area contributed by atoms with Crippen molar-refractivity contribution in [3.05, 3.63) is 0 Å². The van der Waals surface area contributed by atoms with Crippen LogP contribution in [0.1, 0.15) is 46.5 Å². The first-order valence-electron chi connectivity index (χ1n) is 7.55. The second-order valence-corrected chi connectivity index (χ2v) is 6.90. The van der Waals surface area contributed by atoms with Gasteiger partial charge in [0.1, 0.15) is 0 Å². The van der Waals surface area contributed by atoms with E-state index >= 15 is 0 Å². The maximum absolute atomic E-state index is 5.78. The molecule has 3 heteroatoms. The van der Waals surface area contributed by atoms with Gasteiger partial charge in [0, 0.05) is 31.8 Å². The van der Waals surface area contributed by atoms with E-state index in [1.807, 2.05) is 0 Å². The summed E-state index contributed by atoms with van der Waals surface area (Å²) in [5, 5.41) is 3.54. The van der Waals surface area contributed by atoms with E-state index < -0.39 is 0 Å². The van der Waals surface area contributed by atoms with Crippen molar-refractivity contribution in [2.75, 3.05) is 26.7 Å². The first-order valence-corrected chi connectivity index (χ1v) is 7.55. The predicted octanol–water partition coefficient (Wildman–Crippen LogP) is 2.26. The Hall–Kier alpha value is -0.120. The van der Waals surface area contributed by atoms with Crippen molar-refractivity contribution in [2.24, 2.45) is 5.41 Å². The molecule has 0 bridgehead atoms. The highest BCUT2D eigenvalue weighted by atomic mass is 16.5. The van der Waals surface area contributed by atoms with Crippen LogP contribution in [-0.4, -0.2) is 49.8 Å². The summed E-state index contributed by atoms with van der Waals surface area (Å²) in [5.74, 6) is 0. The Morgan fingerprint density at radius 3 is 2.83 bits per heavy atom. The van der Waals surface area contributed by atoms with Crippen LogP contribution < -0.4 is 5.32 Å². The zero-order valence-electron chi connectivity index (χ0n) is 12.5. The Labute approximate surface area is 112 Å². The van der Waals surface area contributed by atoms with Crippen molar-refractivity contribution < 1.29 is 4.74 Å². The number of ether oxygens (including phenoxy) is 1. The summed E-state index contributed by atoms with van der Waals surface area (Å²) in [7, 11) is 2.12. The first kappa shape index (κ1) is 14.3. The molecule has 0 aromatic rings. The van der Waals surface area contributed by atoms with E-state index in [0.717, 1.165) is 13.2 Å². The van der Waals surface area contributed by atoms with E-state index in [1.165, 1.54) is 32.2 Å². The lowest BCUT2D eigenvalue weighted by molar-refractivity contribution is 0.0335. The third-order valence-corrected chi connectivity index (χ3v) is 4.68. The summed E-state index contributed by atoms with van der Waals surface area (Å²) >= 11 is 0. The lowest BCUT2D eigenvalue weighted by Crippen LogP contribution is -2.55. The quantitative estimate of drug-likeness (QED) is 0.818. The van der Waals surface area contributed by atoms with Gasteiger partial charge in [-0.2, -0.15) is 0 Å². The maximum atomic E-state index is 5.78. The molecule has 0 spiro atoms. The number of rotatable bonds is 2. The third kappa shape index (κ3) is 3.46. The summed E-state index contributed by atoms with van der Waals surface area (Å²) in [6.07, 6.45) is 5.52. The molecule has 3 atom stereocenters. The van der Waals surface area contributed by atoms with E-state index in [1.54, 1.807) is 0 Å². The van der Waals surface area contributed by atoms with Crippen molar-refractivity contribution in [1.29, 1.82) is 0 Å². The van der Waals surface area contributed by atoms with Crippen LogP contribution >= 0.6 is 0 Å². The fraction of sp³-hybridized carbons (Fsp3) is 1.00. The summed E-state index contributed by atoms with van der Waals surface area (Å²) < 4.78 is 5.78. The number of nitrogens with zero attached hydrogens (tertiary/aromatic N) is 1. The molecule has 1 saturated carbocycles. The van der Waals surface area contributed by atoms with E-state index in [-0.39, 0.29) is 0 Å². The Morgan fingerprint density at radius 2 is 2.11 bits per heavy atom. The minimum atomic E-state index is 0.384. The monoisotopic (exact) mass is 254 g/mol. The van der Waals surface area contributed by atoms with Crippen LogP contribution in [0.2, 0.25) is 0 Å². The zero-order valence-corrected chi connectivity index (χ0v) is 12.5. The minimum absolute atomic E-state index is 0.384. The molecule has 2 fully saturated rings. The SMILES string of the molecule is CNC1CCC(C)(C)CC1N1CCCOC(C)C1. The van der Waals surface area contributed by atoms with Gasteiger partial charge in [0.2, 0.25) is 0 Å². The van der Waals surface area contributed by atoms with Crippen LogP contribution in [-0.2, 0) is 4.74 Å². The van der Waals surface area contributed by atoms with Crippen LogP contribution in [0.25, 0.3) is 0 Å². The zero-order chi connectivity index (χ0) is 13.2. The van der Waals surface area contributed by atoms with Gasteiger partial charge in [-0.15, -0.1) is 0 Å². The van der Waals surface area contributed by atoms with Gasteiger partial charge in [-0.05, 0) is 45.1 Å². The van der Waals surface area contributed by atoms with Crippen molar-refractivity contribution in [1.82, 2.24) is 10.2 Å². The first-order chi connectivity index (χ1) is 8.52. The average molecular weight is 254 g/mol. The van der Waals surface area contributed by atoms with Crippen LogP contribution in [0.5, 0.6) is 0 Å². The van der Waals surface area contributed by atoms with Gasteiger partial charge in [-0.25, -0.2) is 0 Å². The molecular formula is C15H30N2O. The Bertz CT molecular complexity index is 267. The van der Waals surface area contributed by atoms with Crippen LogP contribution in [0.3, 0.4) is 0 Å². The fourth-order valence-corrected chi connectivity index (χ4v) is 3.60. The maximum Gasteiger partial charge on any atom is 0.0674 e. The highest BCUT2D eigenvalue weighted by Crippen LogP contribution is 2.37. The van der Waals surface area contributed by atoms with Crippen molar-refractivity contribution >= 4 is 0 Å².